The molecule has 0 aliphatic rings. The van der Waals surface area contributed by atoms with Crippen LogP contribution in [0.5, 0.6) is 0 Å². The molecule has 2 aromatic heterocycles. The van der Waals surface area contributed by atoms with Gasteiger partial charge in [-0.2, -0.15) is 5.10 Å². The number of carbonyl (C=O) groups is 1. The van der Waals surface area contributed by atoms with E-state index in [1.807, 2.05) is 18.2 Å². The van der Waals surface area contributed by atoms with Crippen molar-refractivity contribution < 1.29 is 9.72 Å². The van der Waals surface area contributed by atoms with Gasteiger partial charge < -0.3 is 5.32 Å². The number of hydrogen-bond acceptors (Lipinski definition) is 5. The molecular weight excluding hydrogens is 370 g/mol. The molecule has 4 rings (SSSR count). The van der Waals surface area contributed by atoms with E-state index >= 15 is 0 Å². The van der Waals surface area contributed by atoms with Gasteiger partial charge in [-0.05, 0) is 42.3 Å². The lowest BCUT2D eigenvalue weighted by Gasteiger charge is -2.04. The predicted octanol–water partition coefficient (Wildman–Crippen LogP) is 3.52. The molecule has 0 aliphatic carbocycles. The molecule has 4 aromatic rings. The summed E-state index contributed by atoms with van der Waals surface area (Å²) >= 11 is 0. The fraction of sp³-hybridized carbons (Fsp3) is 0. The Bertz CT molecular complexity index is 1290. The van der Waals surface area contributed by atoms with Crippen molar-refractivity contribution >= 4 is 28.2 Å². The summed E-state index contributed by atoms with van der Waals surface area (Å²) in [6, 6.07) is 16.7. The standard InChI is InChI=1S/C21H13N5O3/c27-21(20-18-13-17(26(28)29)9-10-19(18)24-25-20)23-16-6-3-4-14(12-16)7-8-15-5-1-2-11-22-15/h1-6,9-13H,(H,23,27)(H,24,25). The highest BCUT2D eigenvalue weighted by Gasteiger charge is 2.17. The van der Waals surface area contributed by atoms with E-state index in [4.69, 9.17) is 0 Å². The number of fused-ring (bicyclic) bond motifs is 1. The number of non-ortho nitro benzene ring substituents is 1. The molecule has 0 radical (unpaired) electrons. The van der Waals surface area contributed by atoms with Gasteiger partial charge in [-0.1, -0.05) is 18.1 Å². The Morgan fingerprint density at radius 3 is 2.76 bits per heavy atom. The van der Waals surface area contributed by atoms with Gasteiger partial charge in [0.05, 0.1) is 10.4 Å². The summed E-state index contributed by atoms with van der Waals surface area (Å²) in [5.41, 5.74) is 2.39. The zero-order chi connectivity index (χ0) is 20.2. The van der Waals surface area contributed by atoms with Crippen molar-refractivity contribution in [2.45, 2.75) is 0 Å². The summed E-state index contributed by atoms with van der Waals surface area (Å²) < 4.78 is 0. The van der Waals surface area contributed by atoms with E-state index in [-0.39, 0.29) is 11.4 Å². The Kier molecular flexibility index (Phi) is 4.70. The lowest BCUT2D eigenvalue weighted by atomic mass is 10.1. The first-order valence-electron chi connectivity index (χ1n) is 8.57. The molecule has 1 amide bonds. The van der Waals surface area contributed by atoms with Crippen molar-refractivity contribution in [3.63, 3.8) is 0 Å². The number of anilines is 1. The maximum absolute atomic E-state index is 12.7. The number of nitrogens with zero attached hydrogens (tertiary/aromatic N) is 3. The summed E-state index contributed by atoms with van der Waals surface area (Å²) in [6.07, 6.45) is 1.67. The van der Waals surface area contributed by atoms with Gasteiger partial charge in [0.15, 0.2) is 5.69 Å². The fourth-order valence-electron chi connectivity index (χ4n) is 2.73. The number of rotatable bonds is 3. The minimum Gasteiger partial charge on any atom is -0.321 e. The Balaban J connectivity index is 1.58. The van der Waals surface area contributed by atoms with E-state index < -0.39 is 10.8 Å². The molecule has 0 spiro atoms. The van der Waals surface area contributed by atoms with E-state index in [9.17, 15) is 14.9 Å². The number of carbonyl (C=O) groups excluding carboxylic acids is 1. The van der Waals surface area contributed by atoms with E-state index in [2.05, 4.69) is 32.3 Å². The predicted molar refractivity (Wildman–Crippen MR) is 107 cm³/mol. The number of amides is 1. The molecule has 0 fully saturated rings. The van der Waals surface area contributed by atoms with Gasteiger partial charge in [-0.3, -0.25) is 20.0 Å². The van der Waals surface area contributed by atoms with Gasteiger partial charge in [-0.25, -0.2) is 4.98 Å². The smallest absolute Gasteiger partial charge is 0.276 e. The lowest BCUT2D eigenvalue weighted by Crippen LogP contribution is -2.12. The van der Waals surface area contributed by atoms with Crippen molar-refractivity contribution in [2.75, 3.05) is 5.32 Å². The molecule has 0 saturated carbocycles. The number of nitro benzene ring substituents is 1. The van der Waals surface area contributed by atoms with Crippen LogP contribution in [0.2, 0.25) is 0 Å². The number of H-pyrrole nitrogens is 1. The molecule has 0 bridgehead atoms. The Hall–Kier alpha value is -4.51. The third-order valence-corrected chi connectivity index (χ3v) is 4.09. The van der Waals surface area contributed by atoms with Gasteiger partial charge >= 0.3 is 0 Å². The molecule has 29 heavy (non-hydrogen) atoms. The van der Waals surface area contributed by atoms with Crippen molar-refractivity contribution in [1.82, 2.24) is 15.2 Å². The van der Waals surface area contributed by atoms with Crippen LogP contribution in [0.3, 0.4) is 0 Å². The van der Waals surface area contributed by atoms with Crippen molar-refractivity contribution in [3.05, 3.63) is 93.9 Å². The third-order valence-electron chi connectivity index (χ3n) is 4.09. The molecule has 0 saturated heterocycles. The molecule has 2 aromatic carbocycles. The first kappa shape index (κ1) is 17.9. The van der Waals surface area contributed by atoms with Crippen molar-refractivity contribution in [1.29, 1.82) is 0 Å². The maximum atomic E-state index is 12.7. The second kappa shape index (κ2) is 7.62. The highest BCUT2D eigenvalue weighted by Crippen LogP contribution is 2.23. The Morgan fingerprint density at radius 1 is 1.07 bits per heavy atom. The Morgan fingerprint density at radius 2 is 1.97 bits per heavy atom. The monoisotopic (exact) mass is 383 g/mol. The minimum absolute atomic E-state index is 0.0775. The van der Waals surface area contributed by atoms with E-state index in [0.29, 0.717) is 27.8 Å². The quantitative estimate of drug-likeness (QED) is 0.319. The molecule has 2 heterocycles. The summed E-state index contributed by atoms with van der Waals surface area (Å²) in [5.74, 6) is 5.47. The van der Waals surface area contributed by atoms with Crippen LogP contribution >= 0.6 is 0 Å². The molecule has 140 valence electrons. The van der Waals surface area contributed by atoms with Crippen LogP contribution in [0.15, 0.2) is 66.9 Å². The molecular formula is C21H13N5O3. The Labute approximate surface area is 164 Å². The lowest BCUT2D eigenvalue weighted by molar-refractivity contribution is -0.384. The van der Waals surface area contributed by atoms with Crippen LogP contribution < -0.4 is 5.32 Å². The van der Waals surface area contributed by atoms with Gasteiger partial charge in [0.25, 0.3) is 11.6 Å². The molecule has 0 unspecified atom stereocenters. The number of aromatic nitrogens is 3. The average molecular weight is 383 g/mol. The average Bonchev–Trinajstić information content (AvgIpc) is 3.17. The summed E-state index contributed by atoms with van der Waals surface area (Å²) in [4.78, 5) is 27.3. The molecule has 2 N–H and O–H groups in total. The number of benzene rings is 2. The molecule has 0 aliphatic heterocycles. The SMILES string of the molecule is O=C(Nc1cccc(C#Cc2ccccn2)c1)c1n[nH]c2ccc([N+](=O)[O-])cc12. The van der Waals surface area contributed by atoms with Crippen LogP contribution in [0.4, 0.5) is 11.4 Å². The van der Waals surface area contributed by atoms with Gasteiger partial charge in [0.2, 0.25) is 0 Å². The largest absolute Gasteiger partial charge is 0.321 e. The van der Waals surface area contributed by atoms with Gasteiger partial charge in [0, 0.05) is 35.0 Å². The maximum Gasteiger partial charge on any atom is 0.276 e. The van der Waals surface area contributed by atoms with Crippen LogP contribution in [0.25, 0.3) is 10.9 Å². The van der Waals surface area contributed by atoms with Crippen molar-refractivity contribution in [3.8, 4) is 11.8 Å². The third kappa shape index (κ3) is 3.94. The highest BCUT2D eigenvalue weighted by atomic mass is 16.6. The molecule has 0 atom stereocenters. The summed E-state index contributed by atoms with van der Waals surface area (Å²) in [7, 11) is 0. The van der Waals surface area contributed by atoms with Gasteiger partial charge in [-0.15, -0.1) is 0 Å². The van der Waals surface area contributed by atoms with Crippen molar-refractivity contribution in [2.24, 2.45) is 0 Å². The molecule has 8 heteroatoms. The zero-order valence-corrected chi connectivity index (χ0v) is 14.9. The number of aromatic amines is 1. The van der Waals surface area contributed by atoms with Crippen LogP contribution in [-0.2, 0) is 0 Å². The van der Waals surface area contributed by atoms with Crippen LogP contribution in [0.1, 0.15) is 21.7 Å². The zero-order valence-electron chi connectivity index (χ0n) is 14.9. The number of hydrogen-bond donors (Lipinski definition) is 2. The summed E-state index contributed by atoms with van der Waals surface area (Å²) in [6.45, 7) is 0. The fourth-order valence-corrected chi connectivity index (χ4v) is 2.73. The topological polar surface area (TPSA) is 114 Å². The van der Waals surface area contributed by atoms with Crippen LogP contribution in [0, 0.1) is 22.0 Å². The number of pyridine rings is 1. The van der Waals surface area contributed by atoms with Crippen LogP contribution in [-0.4, -0.2) is 26.0 Å². The van der Waals surface area contributed by atoms with Gasteiger partial charge in [0.1, 0.15) is 5.69 Å². The molecule has 8 nitrogen and oxygen atoms in total. The first-order chi connectivity index (χ1) is 14.1. The van der Waals surface area contributed by atoms with E-state index in [1.165, 1.54) is 18.2 Å². The normalized spacial score (nSPS) is 10.2. The number of nitro groups is 1. The second-order valence-corrected chi connectivity index (χ2v) is 6.06. The number of nitrogens with one attached hydrogen (secondary N) is 2. The van der Waals surface area contributed by atoms with E-state index in [1.54, 1.807) is 30.5 Å². The first-order valence-corrected chi connectivity index (χ1v) is 8.57. The second-order valence-electron chi connectivity index (χ2n) is 6.06. The highest BCUT2D eigenvalue weighted by molar-refractivity contribution is 6.11. The van der Waals surface area contributed by atoms with E-state index in [0.717, 1.165) is 0 Å². The minimum atomic E-state index is -0.516. The summed E-state index contributed by atoms with van der Waals surface area (Å²) in [5, 5.41) is 20.8.